The Bertz CT molecular complexity index is 999. The second-order valence-corrected chi connectivity index (χ2v) is 6.55. The summed E-state index contributed by atoms with van der Waals surface area (Å²) in [5.74, 6) is -0.596. The third-order valence-electron chi connectivity index (χ3n) is 4.80. The number of rotatable bonds is 3. The number of aromatic nitrogens is 2. The Hall–Kier alpha value is -3.29. The molecule has 0 aliphatic carbocycles. The van der Waals surface area contributed by atoms with E-state index >= 15 is 0 Å². The van der Waals surface area contributed by atoms with E-state index in [1.54, 1.807) is 18.0 Å². The van der Waals surface area contributed by atoms with Gasteiger partial charge in [0.25, 0.3) is 5.91 Å². The maximum Gasteiger partial charge on any atom is 0.259 e. The highest BCUT2D eigenvalue weighted by Crippen LogP contribution is 2.29. The van der Waals surface area contributed by atoms with Crippen LogP contribution in [-0.2, 0) is 0 Å². The number of anilines is 1. The minimum Gasteiger partial charge on any atom is -0.360 e. The first-order chi connectivity index (χ1) is 13.5. The second kappa shape index (κ2) is 7.38. The van der Waals surface area contributed by atoms with Gasteiger partial charge in [-0.25, -0.2) is 13.8 Å². The zero-order valence-corrected chi connectivity index (χ0v) is 15.2. The summed E-state index contributed by atoms with van der Waals surface area (Å²) in [4.78, 5) is 21.2. The van der Waals surface area contributed by atoms with Crippen molar-refractivity contribution < 1.29 is 18.1 Å². The van der Waals surface area contributed by atoms with Crippen LogP contribution >= 0.6 is 0 Å². The number of aryl methyl sites for hydroxylation is 1. The fourth-order valence-corrected chi connectivity index (χ4v) is 3.33. The van der Waals surface area contributed by atoms with Gasteiger partial charge in [-0.05, 0) is 31.2 Å². The quantitative estimate of drug-likeness (QED) is 0.694. The van der Waals surface area contributed by atoms with E-state index in [0.29, 0.717) is 31.9 Å². The molecule has 2 aromatic heterocycles. The van der Waals surface area contributed by atoms with Crippen LogP contribution in [0, 0.1) is 18.6 Å². The van der Waals surface area contributed by atoms with Crippen LogP contribution in [-0.4, -0.2) is 47.1 Å². The highest BCUT2D eigenvalue weighted by molar-refractivity contribution is 6.01. The number of hydrogen-bond donors (Lipinski definition) is 0. The van der Waals surface area contributed by atoms with Crippen molar-refractivity contribution in [3.63, 3.8) is 0 Å². The van der Waals surface area contributed by atoms with Crippen LogP contribution < -0.4 is 4.90 Å². The van der Waals surface area contributed by atoms with E-state index in [2.05, 4.69) is 15.0 Å². The topological polar surface area (TPSA) is 62.5 Å². The molecule has 1 fully saturated rings. The molecule has 4 rings (SSSR count). The smallest absolute Gasteiger partial charge is 0.259 e. The van der Waals surface area contributed by atoms with Crippen LogP contribution in [0.5, 0.6) is 0 Å². The maximum atomic E-state index is 14.2. The van der Waals surface area contributed by atoms with Gasteiger partial charge in [-0.2, -0.15) is 0 Å². The lowest BCUT2D eigenvalue weighted by Gasteiger charge is -2.35. The number of hydrogen-bond acceptors (Lipinski definition) is 5. The first kappa shape index (κ1) is 18.1. The molecule has 0 bridgehead atoms. The van der Waals surface area contributed by atoms with E-state index < -0.39 is 11.6 Å². The van der Waals surface area contributed by atoms with E-state index in [9.17, 15) is 13.6 Å². The van der Waals surface area contributed by atoms with Crippen molar-refractivity contribution in [2.45, 2.75) is 6.92 Å². The van der Waals surface area contributed by atoms with Gasteiger partial charge in [0, 0.05) is 44.0 Å². The van der Waals surface area contributed by atoms with Gasteiger partial charge in [-0.15, -0.1) is 0 Å². The number of benzene rings is 1. The van der Waals surface area contributed by atoms with Crippen molar-refractivity contribution in [2.75, 3.05) is 31.1 Å². The van der Waals surface area contributed by atoms with Crippen molar-refractivity contribution in [2.24, 2.45) is 0 Å². The molecule has 6 nitrogen and oxygen atoms in total. The molecule has 0 spiro atoms. The summed E-state index contributed by atoms with van der Waals surface area (Å²) in [6.07, 6.45) is 1.73. The third kappa shape index (κ3) is 3.33. The predicted molar refractivity (Wildman–Crippen MR) is 98.9 cm³/mol. The Balaban J connectivity index is 1.56. The van der Waals surface area contributed by atoms with Crippen LogP contribution in [0.1, 0.15) is 16.1 Å². The lowest BCUT2D eigenvalue weighted by Crippen LogP contribution is -2.49. The number of amides is 1. The summed E-state index contributed by atoms with van der Waals surface area (Å²) in [5, 5.41) is 3.85. The third-order valence-corrected chi connectivity index (χ3v) is 4.80. The molecule has 3 aromatic rings. The van der Waals surface area contributed by atoms with Gasteiger partial charge in [-0.1, -0.05) is 11.2 Å². The van der Waals surface area contributed by atoms with E-state index in [4.69, 9.17) is 4.52 Å². The SMILES string of the molecule is Cc1onc(-c2ccc(F)cc2F)c1C(=O)N1CCN(c2ccccn2)CC1. The maximum absolute atomic E-state index is 14.2. The predicted octanol–water partition coefficient (Wildman–Crippen LogP) is 3.29. The zero-order chi connectivity index (χ0) is 19.7. The molecule has 1 aliphatic heterocycles. The lowest BCUT2D eigenvalue weighted by molar-refractivity contribution is 0.0745. The fourth-order valence-electron chi connectivity index (χ4n) is 3.33. The normalized spacial score (nSPS) is 14.4. The van der Waals surface area contributed by atoms with Gasteiger partial charge < -0.3 is 14.3 Å². The summed E-state index contributed by atoms with van der Waals surface area (Å²) in [6.45, 7) is 3.85. The lowest BCUT2D eigenvalue weighted by atomic mass is 10.0. The first-order valence-corrected chi connectivity index (χ1v) is 8.91. The van der Waals surface area contributed by atoms with Crippen molar-refractivity contribution in [3.8, 4) is 11.3 Å². The molecule has 1 aromatic carbocycles. The van der Waals surface area contributed by atoms with Gasteiger partial charge in [0.1, 0.15) is 34.5 Å². The molecular formula is C20H18F2N4O2. The van der Waals surface area contributed by atoms with Gasteiger partial charge >= 0.3 is 0 Å². The molecule has 0 saturated carbocycles. The summed E-state index contributed by atoms with van der Waals surface area (Å²) in [5.41, 5.74) is 0.331. The molecular weight excluding hydrogens is 366 g/mol. The monoisotopic (exact) mass is 384 g/mol. The molecule has 0 atom stereocenters. The van der Waals surface area contributed by atoms with Crippen molar-refractivity contribution >= 4 is 11.7 Å². The van der Waals surface area contributed by atoms with Crippen LogP contribution in [0.25, 0.3) is 11.3 Å². The number of pyridine rings is 1. The molecule has 3 heterocycles. The number of carbonyl (C=O) groups excluding carboxylic acids is 1. The second-order valence-electron chi connectivity index (χ2n) is 6.55. The summed E-state index contributed by atoms with van der Waals surface area (Å²) >= 11 is 0. The Morgan fingerprint density at radius 2 is 1.89 bits per heavy atom. The Morgan fingerprint density at radius 3 is 2.57 bits per heavy atom. The Labute approximate surface area is 160 Å². The molecule has 8 heteroatoms. The Morgan fingerprint density at radius 1 is 1.11 bits per heavy atom. The van der Waals surface area contributed by atoms with E-state index in [1.165, 1.54) is 6.07 Å². The molecule has 0 radical (unpaired) electrons. The minimum absolute atomic E-state index is 0.0359. The largest absolute Gasteiger partial charge is 0.360 e. The highest BCUT2D eigenvalue weighted by atomic mass is 19.1. The van der Waals surface area contributed by atoms with Crippen LogP contribution in [0.15, 0.2) is 47.1 Å². The number of piperazine rings is 1. The standard InChI is InChI=1S/C20H18F2N4O2/c1-13-18(19(24-28-13)15-6-5-14(21)12-16(15)22)20(27)26-10-8-25(9-11-26)17-4-2-3-7-23-17/h2-7,12H,8-11H2,1H3. The highest BCUT2D eigenvalue weighted by Gasteiger charge is 2.29. The minimum atomic E-state index is -0.790. The van der Waals surface area contributed by atoms with Gasteiger partial charge in [0.05, 0.1) is 0 Å². The van der Waals surface area contributed by atoms with Crippen molar-refractivity contribution in [1.29, 1.82) is 0 Å². The average Bonchev–Trinajstić information content (AvgIpc) is 3.09. The summed E-state index contributed by atoms with van der Waals surface area (Å²) < 4.78 is 32.6. The van der Waals surface area contributed by atoms with Crippen LogP contribution in [0.2, 0.25) is 0 Å². The zero-order valence-electron chi connectivity index (χ0n) is 15.2. The van der Waals surface area contributed by atoms with Gasteiger partial charge in [0.2, 0.25) is 0 Å². The fraction of sp³-hybridized carbons (Fsp3) is 0.250. The first-order valence-electron chi connectivity index (χ1n) is 8.91. The number of halogens is 2. The Kier molecular flexibility index (Phi) is 4.77. The van der Waals surface area contributed by atoms with E-state index in [1.807, 2.05) is 18.2 Å². The van der Waals surface area contributed by atoms with Crippen LogP contribution in [0.4, 0.5) is 14.6 Å². The van der Waals surface area contributed by atoms with Gasteiger partial charge in [-0.3, -0.25) is 4.79 Å². The molecule has 1 saturated heterocycles. The molecule has 1 aliphatic rings. The van der Waals surface area contributed by atoms with E-state index in [0.717, 1.165) is 18.0 Å². The molecule has 1 amide bonds. The van der Waals surface area contributed by atoms with Crippen molar-refractivity contribution in [1.82, 2.24) is 15.0 Å². The molecule has 0 N–H and O–H groups in total. The average molecular weight is 384 g/mol. The molecule has 144 valence electrons. The number of nitrogens with zero attached hydrogens (tertiary/aromatic N) is 4. The van der Waals surface area contributed by atoms with Gasteiger partial charge in [0.15, 0.2) is 0 Å². The van der Waals surface area contributed by atoms with Crippen molar-refractivity contribution in [3.05, 3.63) is 65.6 Å². The van der Waals surface area contributed by atoms with E-state index in [-0.39, 0.29) is 22.7 Å². The summed E-state index contributed by atoms with van der Waals surface area (Å²) in [7, 11) is 0. The molecule has 28 heavy (non-hydrogen) atoms. The van der Waals surface area contributed by atoms with Crippen LogP contribution in [0.3, 0.4) is 0 Å². The molecule has 0 unspecified atom stereocenters. The number of carbonyl (C=O) groups is 1. The summed E-state index contributed by atoms with van der Waals surface area (Å²) in [6, 6.07) is 8.86.